The van der Waals surface area contributed by atoms with Crippen LogP contribution in [0.2, 0.25) is 0 Å². The molecule has 0 unspecified atom stereocenters. The maximum Gasteiger partial charge on any atom is 0.264 e. The van der Waals surface area contributed by atoms with E-state index < -0.39 is 0 Å². The lowest BCUT2D eigenvalue weighted by atomic mass is 10.2. The molecule has 1 aromatic carbocycles. The van der Waals surface area contributed by atoms with Gasteiger partial charge in [-0.15, -0.1) is 11.3 Å². The lowest BCUT2D eigenvalue weighted by Gasteiger charge is -2.34. The second-order valence-corrected chi connectivity index (χ2v) is 7.88. The number of carbonyl (C=O) groups is 2. The average Bonchev–Trinajstić information content (AvgIpc) is 3.12. The van der Waals surface area contributed by atoms with Crippen LogP contribution in [-0.2, 0) is 4.79 Å². The van der Waals surface area contributed by atoms with Crippen LogP contribution in [0.3, 0.4) is 0 Å². The van der Waals surface area contributed by atoms with Crippen LogP contribution in [0.15, 0.2) is 40.2 Å². The van der Waals surface area contributed by atoms with E-state index >= 15 is 0 Å². The summed E-state index contributed by atoms with van der Waals surface area (Å²) in [4.78, 5) is 29.3. The van der Waals surface area contributed by atoms with Crippen LogP contribution in [0.1, 0.15) is 15.2 Å². The van der Waals surface area contributed by atoms with Gasteiger partial charge in [-0.1, -0.05) is 12.1 Å². The van der Waals surface area contributed by atoms with Gasteiger partial charge in [-0.3, -0.25) is 14.5 Å². The van der Waals surface area contributed by atoms with Gasteiger partial charge in [-0.2, -0.15) is 0 Å². The molecule has 2 heterocycles. The molecule has 132 valence electrons. The molecule has 3 rings (SSSR count). The topological polar surface area (TPSA) is 52.7 Å². The quantitative estimate of drug-likeness (QED) is 0.824. The Hall–Kier alpha value is -1.70. The summed E-state index contributed by atoms with van der Waals surface area (Å²) in [5.74, 6) is 0.0465. The standard InChI is InChI=1S/C18H20BrN3O2S/c1-13-4-5-15(14(19)11-13)20-17(23)12-21-6-8-22(9-7-21)18(24)16-3-2-10-25-16/h2-5,10-11H,6-9,12H2,1H3,(H,20,23). The van der Waals surface area contributed by atoms with Gasteiger partial charge in [0, 0.05) is 30.7 Å². The molecule has 2 amide bonds. The van der Waals surface area contributed by atoms with Crippen LogP contribution in [0.5, 0.6) is 0 Å². The zero-order valence-electron chi connectivity index (χ0n) is 14.0. The fourth-order valence-electron chi connectivity index (χ4n) is 2.78. The Bertz CT molecular complexity index is 756. The smallest absolute Gasteiger partial charge is 0.264 e. The molecule has 0 saturated carbocycles. The van der Waals surface area contributed by atoms with Gasteiger partial charge in [0.05, 0.1) is 17.1 Å². The number of anilines is 1. The first-order valence-corrected chi connectivity index (χ1v) is 9.81. The van der Waals surface area contributed by atoms with Crippen LogP contribution in [0.25, 0.3) is 0 Å². The largest absolute Gasteiger partial charge is 0.335 e. The Morgan fingerprint density at radius 1 is 1.20 bits per heavy atom. The summed E-state index contributed by atoms with van der Waals surface area (Å²) in [6.45, 7) is 5.06. The highest BCUT2D eigenvalue weighted by molar-refractivity contribution is 9.10. The molecule has 1 saturated heterocycles. The van der Waals surface area contributed by atoms with Crippen molar-refractivity contribution >= 4 is 44.8 Å². The number of piperazine rings is 1. The SMILES string of the molecule is Cc1ccc(NC(=O)CN2CCN(C(=O)c3cccs3)CC2)c(Br)c1. The Labute approximate surface area is 159 Å². The Morgan fingerprint density at radius 3 is 2.60 bits per heavy atom. The highest BCUT2D eigenvalue weighted by atomic mass is 79.9. The van der Waals surface area contributed by atoms with Crippen LogP contribution in [0, 0.1) is 6.92 Å². The summed E-state index contributed by atoms with van der Waals surface area (Å²) in [6.07, 6.45) is 0. The monoisotopic (exact) mass is 421 g/mol. The van der Waals surface area contributed by atoms with E-state index in [-0.39, 0.29) is 11.8 Å². The molecule has 1 aliphatic rings. The molecule has 0 aliphatic carbocycles. The number of halogens is 1. The van der Waals surface area contributed by atoms with Gasteiger partial charge < -0.3 is 10.2 Å². The summed E-state index contributed by atoms with van der Waals surface area (Å²) >= 11 is 4.94. The lowest BCUT2D eigenvalue weighted by Crippen LogP contribution is -2.50. The van der Waals surface area contributed by atoms with Crippen molar-refractivity contribution in [3.05, 3.63) is 50.6 Å². The average molecular weight is 422 g/mol. The second kappa shape index (κ2) is 8.12. The van der Waals surface area contributed by atoms with E-state index in [0.29, 0.717) is 32.7 Å². The van der Waals surface area contributed by atoms with Gasteiger partial charge in [0.25, 0.3) is 5.91 Å². The highest BCUT2D eigenvalue weighted by Gasteiger charge is 2.23. The van der Waals surface area contributed by atoms with Gasteiger partial charge in [-0.25, -0.2) is 0 Å². The van der Waals surface area contributed by atoms with E-state index in [1.807, 2.05) is 47.5 Å². The second-order valence-electron chi connectivity index (χ2n) is 6.08. The van der Waals surface area contributed by atoms with Gasteiger partial charge in [0.2, 0.25) is 5.91 Å². The molecule has 2 aromatic rings. The number of nitrogens with one attached hydrogen (secondary N) is 1. The molecule has 1 fully saturated rings. The first-order chi connectivity index (χ1) is 12.0. The Balaban J connectivity index is 1.48. The van der Waals surface area contributed by atoms with Crippen molar-refractivity contribution in [2.24, 2.45) is 0 Å². The third-order valence-corrected chi connectivity index (χ3v) is 5.67. The van der Waals surface area contributed by atoms with Crippen molar-refractivity contribution in [3.63, 3.8) is 0 Å². The predicted molar refractivity (Wildman–Crippen MR) is 104 cm³/mol. The minimum absolute atomic E-state index is 0.0393. The first kappa shape index (κ1) is 18.1. The molecule has 1 aliphatic heterocycles. The van der Waals surface area contributed by atoms with Crippen molar-refractivity contribution in [2.45, 2.75) is 6.92 Å². The van der Waals surface area contributed by atoms with Gasteiger partial charge >= 0.3 is 0 Å². The van der Waals surface area contributed by atoms with Crippen LogP contribution in [0.4, 0.5) is 5.69 Å². The normalized spacial score (nSPS) is 15.2. The zero-order chi connectivity index (χ0) is 17.8. The molecule has 1 N–H and O–H groups in total. The fraction of sp³-hybridized carbons (Fsp3) is 0.333. The number of rotatable bonds is 4. The fourth-order valence-corrected chi connectivity index (χ4v) is 4.06. The Morgan fingerprint density at radius 2 is 1.96 bits per heavy atom. The zero-order valence-corrected chi connectivity index (χ0v) is 16.4. The van der Waals surface area contributed by atoms with E-state index in [2.05, 4.69) is 26.1 Å². The number of hydrogen-bond donors (Lipinski definition) is 1. The summed E-state index contributed by atoms with van der Waals surface area (Å²) < 4.78 is 0.882. The molecule has 0 spiro atoms. The van der Waals surface area contributed by atoms with Gasteiger partial charge in [-0.05, 0) is 52.0 Å². The molecule has 0 radical (unpaired) electrons. The lowest BCUT2D eigenvalue weighted by molar-refractivity contribution is -0.117. The van der Waals surface area contributed by atoms with E-state index in [4.69, 9.17) is 0 Å². The van der Waals surface area contributed by atoms with Crippen LogP contribution in [-0.4, -0.2) is 54.3 Å². The maximum atomic E-state index is 12.3. The minimum Gasteiger partial charge on any atom is -0.335 e. The molecule has 0 atom stereocenters. The molecule has 1 aromatic heterocycles. The molecule has 7 heteroatoms. The van der Waals surface area contributed by atoms with E-state index in [0.717, 1.165) is 20.6 Å². The van der Waals surface area contributed by atoms with Gasteiger partial charge in [0.1, 0.15) is 0 Å². The Kier molecular flexibility index (Phi) is 5.88. The highest BCUT2D eigenvalue weighted by Crippen LogP contribution is 2.23. The number of hydrogen-bond acceptors (Lipinski definition) is 4. The third-order valence-electron chi connectivity index (χ3n) is 4.16. The predicted octanol–water partition coefficient (Wildman–Crippen LogP) is 3.22. The summed E-state index contributed by atoms with van der Waals surface area (Å²) in [5, 5.41) is 4.85. The summed E-state index contributed by atoms with van der Waals surface area (Å²) in [5.41, 5.74) is 1.92. The minimum atomic E-state index is -0.0393. The number of carbonyl (C=O) groups excluding carboxylic acids is 2. The molecule has 0 bridgehead atoms. The van der Waals surface area contributed by atoms with Gasteiger partial charge in [0.15, 0.2) is 0 Å². The molecular formula is C18H20BrN3O2S. The number of aryl methyl sites for hydroxylation is 1. The summed E-state index contributed by atoms with van der Waals surface area (Å²) in [7, 11) is 0. The number of benzene rings is 1. The first-order valence-electron chi connectivity index (χ1n) is 8.14. The van der Waals surface area contributed by atoms with Crippen LogP contribution < -0.4 is 5.32 Å². The number of thiophene rings is 1. The van der Waals surface area contributed by atoms with Crippen molar-refractivity contribution in [1.82, 2.24) is 9.80 Å². The maximum absolute atomic E-state index is 12.3. The van der Waals surface area contributed by atoms with Crippen molar-refractivity contribution in [1.29, 1.82) is 0 Å². The number of nitrogens with zero attached hydrogens (tertiary/aromatic N) is 2. The molecule has 25 heavy (non-hydrogen) atoms. The van der Waals surface area contributed by atoms with Crippen LogP contribution >= 0.6 is 27.3 Å². The van der Waals surface area contributed by atoms with Crippen molar-refractivity contribution in [2.75, 3.05) is 38.0 Å². The summed E-state index contributed by atoms with van der Waals surface area (Å²) in [6, 6.07) is 9.59. The number of amides is 2. The van der Waals surface area contributed by atoms with E-state index in [1.54, 1.807) is 0 Å². The van der Waals surface area contributed by atoms with E-state index in [9.17, 15) is 9.59 Å². The van der Waals surface area contributed by atoms with Crippen molar-refractivity contribution < 1.29 is 9.59 Å². The molecule has 5 nitrogen and oxygen atoms in total. The molecular weight excluding hydrogens is 402 g/mol. The third kappa shape index (κ3) is 4.68. The van der Waals surface area contributed by atoms with E-state index in [1.165, 1.54) is 11.3 Å². The van der Waals surface area contributed by atoms with Crippen molar-refractivity contribution in [3.8, 4) is 0 Å².